The normalized spacial score (nSPS) is 50.0. The van der Waals surface area contributed by atoms with Crippen LogP contribution in [0.25, 0.3) is 0 Å². The largest absolute Gasteiger partial charge is 0.396 e. The van der Waals surface area contributed by atoms with Crippen LogP contribution in [-0.2, 0) is 0 Å². The Morgan fingerprint density at radius 2 is 1.92 bits per heavy atom. The van der Waals surface area contributed by atoms with Gasteiger partial charge in [-0.25, -0.2) is 0 Å². The first-order valence-electron chi connectivity index (χ1n) is 3.83. The Hall–Kier alpha value is -0.200. The molecule has 0 aliphatic heterocycles. The molecule has 12 heavy (non-hydrogen) atoms. The summed E-state index contributed by atoms with van der Waals surface area (Å²) in [6, 6.07) is 0. The molecule has 0 saturated heterocycles. The van der Waals surface area contributed by atoms with E-state index in [4.69, 9.17) is 20.4 Å². The highest BCUT2D eigenvalue weighted by molar-refractivity contribution is 5.12. The fourth-order valence-corrected chi connectivity index (χ4v) is 1.68. The molecule has 1 saturated carbocycles. The van der Waals surface area contributed by atoms with E-state index < -0.39 is 36.4 Å². The zero-order valence-electron chi connectivity index (χ0n) is 6.75. The highest BCUT2D eigenvalue weighted by Crippen LogP contribution is 2.41. The van der Waals surface area contributed by atoms with Crippen LogP contribution < -0.4 is 0 Å². The van der Waals surface area contributed by atoms with Crippen molar-refractivity contribution in [3.8, 4) is 0 Å². The third kappa shape index (κ3) is 0.982. The summed E-state index contributed by atoms with van der Waals surface area (Å²) in [4.78, 5) is 0. The summed E-state index contributed by atoms with van der Waals surface area (Å²) in [5, 5.41) is 45.6. The maximum atomic E-state index is 9.57. The SMILES string of the molecule is CC(O)C1(O)C(O)C(O)C1CO. The smallest absolute Gasteiger partial charge is 0.126 e. The molecule has 5 unspecified atom stereocenters. The van der Waals surface area contributed by atoms with Crippen LogP contribution in [0.3, 0.4) is 0 Å². The third-order valence-electron chi connectivity index (χ3n) is 2.67. The highest BCUT2D eigenvalue weighted by atomic mass is 16.4. The molecule has 0 amide bonds. The number of hydrogen-bond donors (Lipinski definition) is 5. The summed E-state index contributed by atoms with van der Waals surface area (Å²) in [7, 11) is 0. The van der Waals surface area contributed by atoms with Gasteiger partial charge in [0.25, 0.3) is 0 Å². The topological polar surface area (TPSA) is 101 Å². The van der Waals surface area contributed by atoms with E-state index in [0.717, 1.165) is 0 Å². The molecule has 0 spiro atoms. The van der Waals surface area contributed by atoms with E-state index in [1.165, 1.54) is 6.92 Å². The summed E-state index contributed by atoms with van der Waals surface area (Å²) in [5.41, 5.74) is -1.77. The predicted octanol–water partition coefficient (Wildman–Crippen LogP) is -2.56. The number of aliphatic hydroxyl groups is 5. The lowest BCUT2D eigenvalue weighted by Gasteiger charge is -2.54. The first-order chi connectivity index (χ1) is 5.46. The van der Waals surface area contributed by atoms with Gasteiger partial charge in [-0.2, -0.15) is 0 Å². The first-order valence-corrected chi connectivity index (χ1v) is 3.83. The molecule has 5 heteroatoms. The molecule has 1 aliphatic carbocycles. The van der Waals surface area contributed by atoms with Crippen LogP contribution in [0.1, 0.15) is 6.92 Å². The van der Waals surface area contributed by atoms with Gasteiger partial charge in [-0.1, -0.05) is 0 Å². The number of aliphatic hydroxyl groups excluding tert-OH is 4. The van der Waals surface area contributed by atoms with Gasteiger partial charge in [-0.3, -0.25) is 0 Å². The second kappa shape index (κ2) is 2.93. The molecule has 0 aromatic carbocycles. The molecule has 72 valence electrons. The molecule has 5 nitrogen and oxygen atoms in total. The van der Waals surface area contributed by atoms with E-state index in [2.05, 4.69) is 0 Å². The molecule has 1 aliphatic rings. The maximum absolute atomic E-state index is 9.57. The molecule has 5 N–H and O–H groups in total. The Labute approximate surface area is 69.9 Å². The number of rotatable bonds is 2. The lowest BCUT2D eigenvalue weighted by Crippen LogP contribution is -2.75. The summed E-state index contributed by atoms with van der Waals surface area (Å²) in [6.45, 7) is 0.845. The Bertz CT molecular complexity index is 171. The van der Waals surface area contributed by atoms with Crippen molar-refractivity contribution in [2.24, 2.45) is 5.92 Å². The van der Waals surface area contributed by atoms with Gasteiger partial charge in [0.1, 0.15) is 11.7 Å². The van der Waals surface area contributed by atoms with Crippen molar-refractivity contribution in [2.45, 2.75) is 30.8 Å². The molecule has 1 fully saturated rings. The molecule has 0 bridgehead atoms. The van der Waals surface area contributed by atoms with Gasteiger partial charge >= 0.3 is 0 Å². The maximum Gasteiger partial charge on any atom is 0.126 e. The lowest BCUT2D eigenvalue weighted by atomic mass is 9.62. The third-order valence-corrected chi connectivity index (χ3v) is 2.67. The number of hydrogen-bond acceptors (Lipinski definition) is 5. The zero-order chi connectivity index (χ0) is 9.52. The van der Waals surface area contributed by atoms with E-state index >= 15 is 0 Å². The molecule has 0 heterocycles. The fourth-order valence-electron chi connectivity index (χ4n) is 1.68. The second-order valence-corrected chi connectivity index (χ2v) is 3.29. The molecule has 5 atom stereocenters. The highest BCUT2D eigenvalue weighted by Gasteiger charge is 2.62. The Kier molecular flexibility index (Phi) is 2.42. The summed E-state index contributed by atoms with van der Waals surface area (Å²) in [6.07, 6.45) is -3.71. The minimum Gasteiger partial charge on any atom is -0.396 e. The Balaban J connectivity index is 2.76. The lowest BCUT2D eigenvalue weighted by molar-refractivity contribution is -0.298. The van der Waals surface area contributed by atoms with Crippen LogP contribution in [-0.4, -0.2) is 56.1 Å². The van der Waals surface area contributed by atoms with Crippen LogP contribution in [0.15, 0.2) is 0 Å². The molecule has 1 rings (SSSR count). The van der Waals surface area contributed by atoms with E-state index in [9.17, 15) is 5.11 Å². The van der Waals surface area contributed by atoms with Crippen molar-refractivity contribution < 1.29 is 25.5 Å². The minimum absolute atomic E-state index is 0.459. The van der Waals surface area contributed by atoms with Gasteiger partial charge in [-0.05, 0) is 6.92 Å². The van der Waals surface area contributed by atoms with Gasteiger partial charge in [-0.15, -0.1) is 0 Å². The van der Waals surface area contributed by atoms with Crippen molar-refractivity contribution in [1.82, 2.24) is 0 Å². The predicted molar refractivity (Wildman–Crippen MR) is 39.2 cm³/mol. The van der Waals surface area contributed by atoms with Gasteiger partial charge in [0.15, 0.2) is 0 Å². The van der Waals surface area contributed by atoms with Crippen molar-refractivity contribution in [3.05, 3.63) is 0 Å². The summed E-state index contributed by atoms with van der Waals surface area (Å²) >= 11 is 0. The first kappa shape index (κ1) is 9.88. The van der Waals surface area contributed by atoms with E-state index in [1.807, 2.05) is 0 Å². The fraction of sp³-hybridized carbons (Fsp3) is 1.00. The molecular weight excluding hydrogens is 164 g/mol. The van der Waals surface area contributed by atoms with E-state index in [1.54, 1.807) is 0 Å². The van der Waals surface area contributed by atoms with E-state index in [0.29, 0.717) is 0 Å². The van der Waals surface area contributed by atoms with Crippen molar-refractivity contribution >= 4 is 0 Å². The molecular formula is C7H14O5. The van der Waals surface area contributed by atoms with Crippen LogP contribution in [0.5, 0.6) is 0 Å². The van der Waals surface area contributed by atoms with Crippen LogP contribution in [0.2, 0.25) is 0 Å². The van der Waals surface area contributed by atoms with Crippen molar-refractivity contribution in [1.29, 1.82) is 0 Å². The van der Waals surface area contributed by atoms with E-state index in [-0.39, 0.29) is 0 Å². The van der Waals surface area contributed by atoms with Crippen LogP contribution in [0.4, 0.5) is 0 Å². The Morgan fingerprint density at radius 3 is 2.17 bits per heavy atom. The average Bonchev–Trinajstić information content (AvgIpc) is 2.04. The Morgan fingerprint density at radius 1 is 1.42 bits per heavy atom. The summed E-state index contributed by atoms with van der Waals surface area (Å²) < 4.78 is 0. The summed E-state index contributed by atoms with van der Waals surface area (Å²) in [5.74, 6) is -0.868. The van der Waals surface area contributed by atoms with Gasteiger partial charge in [0.2, 0.25) is 0 Å². The molecule has 0 aromatic heterocycles. The van der Waals surface area contributed by atoms with Crippen LogP contribution in [0, 0.1) is 5.92 Å². The minimum atomic E-state index is -1.77. The van der Waals surface area contributed by atoms with Gasteiger partial charge in [0.05, 0.1) is 18.8 Å². The van der Waals surface area contributed by atoms with Crippen LogP contribution >= 0.6 is 0 Å². The van der Waals surface area contributed by atoms with Crippen molar-refractivity contribution in [3.63, 3.8) is 0 Å². The average molecular weight is 178 g/mol. The second-order valence-electron chi connectivity index (χ2n) is 3.29. The van der Waals surface area contributed by atoms with Gasteiger partial charge < -0.3 is 25.5 Å². The van der Waals surface area contributed by atoms with Crippen molar-refractivity contribution in [2.75, 3.05) is 6.61 Å². The quantitative estimate of drug-likeness (QED) is 0.320. The zero-order valence-corrected chi connectivity index (χ0v) is 6.75. The molecule has 0 radical (unpaired) electrons. The van der Waals surface area contributed by atoms with Gasteiger partial charge in [0, 0.05) is 5.92 Å². The standard InChI is InChI=1S/C7H14O5/c1-3(9)7(12)4(2-8)5(10)6(7)11/h3-6,8-12H,2H2,1H3. The molecule has 0 aromatic rings. The monoisotopic (exact) mass is 178 g/mol.